The van der Waals surface area contributed by atoms with Crippen LogP contribution in [0.1, 0.15) is 19.4 Å². The summed E-state index contributed by atoms with van der Waals surface area (Å²) in [7, 11) is 1.70. The molecule has 0 aliphatic carbocycles. The molecule has 0 radical (unpaired) electrons. The van der Waals surface area contributed by atoms with Crippen molar-refractivity contribution < 1.29 is 9.84 Å². The maximum atomic E-state index is 9.16. The largest absolute Gasteiger partial charge is 0.496 e. The van der Waals surface area contributed by atoms with Gasteiger partial charge in [0.2, 0.25) is 0 Å². The smallest absolute Gasteiger partial charge is 0.126 e. The number of nitrogens with one attached hydrogen (secondary N) is 1. The van der Waals surface area contributed by atoms with Crippen LogP contribution in [-0.4, -0.2) is 24.9 Å². The molecule has 0 aromatic heterocycles. The number of aliphatic hydroxyl groups is 1. The zero-order valence-corrected chi connectivity index (χ0v) is 13.5. The van der Waals surface area contributed by atoms with E-state index in [2.05, 4.69) is 42.6 Å². The fourth-order valence-corrected chi connectivity index (χ4v) is 2.32. The van der Waals surface area contributed by atoms with Crippen LogP contribution in [0.2, 0.25) is 0 Å². The number of aliphatic hydroxyl groups excluding tert-OH is 1. The van der Waals surface area contributed by atoms with Crippen LogP contribution in [0.15, 0.2) is 48.5 Å². The molecule has 2 atom stereocenters. The highest BCUT2D eigenvalue weighted by atomic mass is 16.5. The molecular weight excluding hydrogens is 274 g/mol. The molecule has 0 fully saturated rings. The molecule has 2 rings (SSSR count). The Labute approximate surface area is 133 Å². The summed E-state index contributed by atoms with van der Waals surface area (Å²) in [5.41, 5.74) is 3.49. The van der Waals surface area contributed by atoms with Crippen molar-refractivity contribution in [1.29, 1.82) is 0 Å². The third-order valence-electron chi connectivity index (χ3n) is 4.14. The Morgan fingerprint density at radius 2 is 1.73 bits per heavy atom. The SMILES string of the molecule is COc1ccccc1-c1ccc(CNC(C)C(C)CO)cc1. The molecule has 0 saturated carbocycles. The number of rotatable bonds is 7. The molecule has 3 heteroatoms. The molecular formula is C19H25NO2. The van der Waals surface area contributed by atoms with Crippen LogP contribution >= 0.6 is 0 Å². The lowest BCUT2D eigenvalue weighted by Crippen LogP contribution is -2.33. The van der Waals surface area contributed by atoms with E-state index in [0.29, 0.717) is 6.04 Å². The van der Waals surface area contributed by atoms with Crippen molar-refractivity contribution in [2.45, 2.75) is 26.4 Å². The number of hydrogen-bond acceptors (Lipinski definition) is 3. The van der Waals surface area contributed by atoms with Gasteiger partial charge in [-0.3, -0.25) is 0 Å². The van der Waals surface area contributed by atoms with Gasteiger partial charge in [0, 0.05) is 24.8 Å². The van der Waals surface area contributed by atoms with E-state index in [0.717, 1.165) is 23.4 Å². The zero-order valence-electron chi connectivity index (χ0n) is 13.5. The van der Waals surface area contributed by atoms with Crippen molar-refractivity contribution in [3.8, 4) is 16.9 Å². The van der Waals surface area contributed by atoms with Crippen molar-refractivity contribution in [2.75, 3.05) is 13.7 Å². The third kappa shape index (κ3) is 4.09. The summed E-state index contributed by atoms with van der Waals surface area (Å²) in [6.07, 6.45) is 0. The van der Waals surface area contributed by atoms with Crippen LogP contribution in [0.25, 0.3) is 11.1 Å². The van der Waals surface area contributed by atoms with E-state index >= 15 is 0 Å². The molecule has 0 aliphatic heterocycles. The quantitative estimate of drug-likeness (QED) is 0.822. The molecule has 3 nitrogen and oxygen atoms in total. The first-order chi connectivity index (χ1) is 10.7. The van der Waals surface area contributed by atoms with E-state index in [4.69, 9.17) is 9.84 Å². The van der Waals surface area contributed by atoms with E-state index in [1.807, 2.05) is 25.1 Å². The van der Waals surface area contributed by atoms with Crippen molar-refractivity contribution in [3.05, 3.63) is 54.1 Å². The monoisotopic (exact) mass is 299 g/mol. The number of methoxy groups -OCH3 is 1. The lowest BCUT2D eigenvalue weighted by Gasteiger charge is -2.19. The summed E-state index contributed by atoms with van der Waals surface area (Å²) in [5.74, 6) is 1.15. The van der Waals surface area contributed by atoms with Gasteiger partial charge in [-0.05, 0) is 30.0 Å². The molecule has 2 aromatic rings. The van der Waals surface area contributed by atoms with Gasteiger partial charge in [-0.1, -0.05) is 49.4 Å². The fourth-order valence-electron chi connectivity index (χ4n) is 2.32. The van der Waals surface area contributed by atoms with Gasteiger partial charge in [-0.2, -0.15) is 0 Å². The summed E-state index contributed by atoms with van der Waals surface area (Å²) >= 11 is 0. The zero-order chi connectivity index (χ0) is 15.9. The Bertz CT molecular complexity index is 580. The van der Waals surface area contributed by atoms with Crippen molar-refractivity contribution >= 4 is 0 Å². The van der Waals surface area contributed by atoms with Crippen LogP contribution in [0, 0.1) is 5.92 Å². The Hall–Kier alpha value is -1.84. The van der Waals surface area contributed by atoms with Crippen LogP contribution in [0.4, 0.5) is 0 Å². The minimum absolute atomic E-state index is 0.209. The molecule has 2 aromatic carbocycles. The Morgan fingerprint density at radius 3 is 2.36 bits per heavy atom. The van der Waals surface area contributed by atoms with Gasteiger partial charge in [0.05, 0.1) is 7.11 Å². The second-order valence-electron chi connectivity index (χ2n) is 5.73. The fraction of sp³-hybridized carbons (Fsp3) is 0.368. The summed E-state index contributed by atoms with van der Waals surface area (Å²) < 4.78 is 5.41. The van der Waals surface area contributed by atoms with Gasteiger partial charge in [0.15, 0.2) is 0 Å². The van der Waals surface area contributed by atoms with Crippen LogP contribution in [0.3, 0.4) is 0 Å². The Kier molecular flexibility index (Phi) is 5.99. The van der Waals surface area contributed by atoms with Gasteiger partial charge < -0.3 is 15.2 Å². The molecule has 0 saturated heterocycles. The third-order valence-corrected chi connectivity index (χ3v) is 4.14. The van der Waals surface area contributed by atoms with Crippen LogP contribution in [0.5, 0.6) is 5.75 Å². The van der Waals surface area contributed by atoms with Crippen molar-refractivity contribution in [1.82, 2.24) is 5.32 Å². The predicted molar refractivity (Wildman–Crippen MR) is 91.0 cm³/mol. The van der Waals surface area contributed by atoms with Gasteiger partial charge in [-0.15, -0.1) is 0 Å². The first-order valence-electron chi connectivity index (χ1n) is 7.72. The molecule has 0 bridgehead atoms. The summed E-state index contributed by atoms with van der Waals surface area (Å²) in [6.45, 7) is 5.16. The number of ether oxygens (including phenoxy) is 1. The molecule has 0 amide bonds. The number of benzene rings is 2. The minimum Gasteiger partial charge on any atom is -0.496 e. The van der Waals surface area contributed by atoms with E-state index in [1.165, 1.54) is 5.56 Å². The topological polar surface area (TPSA) is 41.5 Å². The lowest BCUT2D eigenvalue weighted by atomic mass is 10.0. The van der Waals surface area contributed by atoms with Crippen molar-refractivity contribution in [2.24, 2.45) is 5.92 Å². The molecule has 2 N–H and O–H groups in total. The second-order valence-corrected chi connectivity index (χ2v) is 5.73. The summed E-state index contributed by atoms with van der Waals surface area (Å²) in [6, 6.07) is 16.8. The van der Waals surface area contributed by atoms with Gasteiger partial charge in [0.1, 0.15) is 5.75 Å². The molecule has 118 valence electrons. The molecule has 0 heterocycles. The van der Waals surface area contributed by atoms with E-state index in [-0.39, 0.29) is 12.5 Å². The molecule has 22 heavy (non-hydrogen) atoms. The highest BCUT2D eigenvalue weighted by molar-refractivity contribution is 5.70. The normalized spacial score (nSPS) is 13.6. The average Bonchev–Trinajstić information content (AvgIpc) is 2.59. The first-order valence-corrected chi connectivity index (χ1v) is 7.72. The standard InChI is InChI=1S/C19H25NO2/c1-14(13-21)15(2)20-12-16-8-10-17(11-9-16)18-6-4-5-7-19(18)22-3/h4-11,14-15,20-21H,12-13H2,1-3H3. The van der Waals surface area contributed by atoms with E-state index in [1.54, 1.807) is 7.11 Å². The highest BCUT2D eigenvalue weighted by Gasteiger charge is 2.10. The van der Waals surface area contributed by atoms with E-state index < -0.39 is 0 Å². The average molecular weight is 299 g/mol. The number of hydrogen-bond donors (Lipinski definition) is 2. The minimum atomic E-state index is 0.209. The van der Waals surface area contributed by atoms with Crippen molar-refractivity contribution in [3.63, 3.8) is 0 Å². The first kappa shape index (κ1) is 16.5. The maximum absolute atomic E-state index is 9.16. The van der Waals surface area contributed by atoms with Crippen LogP contribution in [-0.2, 0) is 6.54 Å². The highest BCUT2D eigenvalue weighted by Crippen LogP contribution is 2.29. The lowest BCUT2D eigenvalue weighted by molar-refractivity contribution is 0.207. The Balaban J connectivity index is 2.04. The van der Waals surface area contributed by atoms with Crippen LogP contribution < -0.4 is 10.1 Å². The molecule has 0 spiro atoms. The summed E-state index contributed by atoms with van der Waals surface area (Å²) in [5, 5.41) is 12.6. The van der Waals surface area contributed by atoms with Gasteiger partial charge in [0.25, 0.3) is 0 Å². The Morgan fingerprint density at radius 1 is 1.05 bits per heavy atom. The van der Waals surface area contributed by atoms with Gasteiger partial charge in [-0.25, -0.2) is 0 Å². The maximum Gasteiger partial charge on any atom is 0.126 e. The molecule has 2 unspecified atom stereocenters. The van der Waals surface area contributed by atoms with E-state index in [9.17, 15) is 0 Å². The van der Waals surface area contributed by atoms with Gasteiger partial charge >= 0.3 is 0 Å². The summed E-state index contributed by atoms with van der Waals surface area (Å²) in [4.78, 5) is 0. The predicted octanol–water partition coefficient (Wildman–Crippen LogP) is 3.47. The molecule has 0 aliphatic rings. The number of para-hydroxylation sites is 1. The second kappa shape index (κ2) is 7.97.